The lowest BCUT2D eigenvalue weighted by atomic mass is 10.3. The van der Waals surface area contributed by atoms with E-state index in [0.29, 0.717) is 16.7 Å². The highest BCUT2D eigenvalue weighted by Crippen LogP contribution is 2.19. The fourth-order valence-corrected chi connectivity index (χ4v) is 2.23. The van der Waals surface area contributed by atoms with Crippen LogP contribution in [0, 0.1) is 5.82 Å². The number of halogens is 2. The molecule has 4 nitrogen and oxygen atoms in total. The fourth-order valence-electron chi connectivity index (χ4n) is 1.85. The first-order chi connectivity index (χ1) is 8.65. The van der Waals surface area contributed by atoms with Crippen LogP contribution in [0.3, 0.4) is 0 Å². The van der Waals surface area contributed by atoms with Crippen LogP contribution in [0.25, 0.3) is 0 Å². The normalized spacial score (nSPS) is 16.6. The summed E-state index contributed by atoms with van der Waals surface area (Å²) in [6.45, 7) is 3.95. The van der Waals surface area contributed by atoms with Crippen molar-refractivity contribution in [2.75, 3.05) is 38.0 Å². The third kappa shape index (κ3) is 3.76. The van der Waals surface area contributed by atoms with Gasteiger partial charge in [0.05, 0.1) is 11.0 Å². The molecule has 1 heterocycles. The molecular formula is C12H15BrFN3O. The standard InChI is InChI=1S/C12H15BrFN3O/c13-10-7-9(1-2-11(10)14)16-12(18)8-17-5-3-15-4-6-17/h1-2,7,15H,3-6,8H2,(H,16,18). The van der Waals surface area contributed by atoms with Gasteiger partial charge in [0.15, 0.2) is 0 Å². The minimum Gasteiger partial charge on any atom is -0.325 e. The van der Waals surface area contributed by atoms with Crippen LogP contribution in [0.15, 0.2) is 22.7 Å². The molecule has 98 valence electrons. The summed E-state index contributed by atoms with van der Waals surface area (Å²) in [6, 6.07) is 4.44. The molecular weight excluding hydrogens is 301 g/mol. The largest absolute Gasteiger partial charge is 0.325 e. The lowest BCUT2D eigenvalue weighted by Crippen LogP contribution is -2.46. The monoisotopic (exact) mass is 315 g/mol. The number of amides is 1. The average molecular weight is 316 g/mol. The molecule has 1 aromatic rings. The number of carbonyl (C=O) groups excluding carboxylic acids is 1. The summed E-state index contributed by atoms with van der Waals surface area (Å²) in [5, 5.41) is 5.99. The second-order valence-corrected chi connectivity index (χ2v) is 5.06. The van der Waals surface area contributed by atoms with Crippen LogP contribution in [0.5, 0.6) is 0 Å². The van der Waals surface area contributed by atoms with Crippen molar-refractivity contribution in [3.05, 3.63) is 28.5 Å². The van der Waals surface area contributed by atoms with Crippen molar-refractivity contribution in [2.24, 2.45) is 0 Å². The summed E-state index contributed by atoms with van der Waals surface area (Å²) in [5.74, 6) is -0.412. The number of piperazine rings is 1. The van der Waals surface area contributed by atoms with Crippen LogP contribution in [-0.2, 0) is 4.79 Å². The molecule has 1 aliphatic heterocycles. The summed E-state index contributed by atoms with van der Waals surface area (Å²) in [7, 11) is 0. The van der Waals surface area contributed by atoms with Gasteiger partial charge in [-0.05, 0) is 34.1 Å². The average Bonchev–Trinajstić information content (AvgIpc) is 2.35. The van der Waals surface area contributed by atoms with E-state index in [1.165, 1.54) is 6.07 Å². The van der Waals surface area contributed by atoms with Crippen molar-refractivity contribution >= 4 is 27.5 Å². The van der Waals surface area contributed by atoms with E-state index >= 15 is 0 Å². The Balaban J connectivity index is 1.88. The minimum atomic E-state index is -0.338. The lowest BCUT2D eigenvalue weighted by molar-refractivity contribution is -0.117. The van der Waals surface area contributed by atoms with Crippen LogP contribution in [0.4, 0.5) is 10.1 Å². The van der Waals surface area contributed by atoms with Gasteiger partial charge in [-0.15, -0.1) is 0 Å². The van der Waals surface area contributed by atoms with Crippen LogP contribution in [0.2, 0.25) is 0 Å². The molecule has 2 rings (SSSR count). The number of anilines is 1. The van der Waals surface area contributed by atoms with Gasteiger partial charge < -0.3 is 10.6 Å². The van der Waals surface area contributed by atoms with Crippen LogP contribution in [-0.4, -0.2) is 43.5 Å². The Morgan fingerprint density at radius 3 is 2.83 bits per heavy atom. The van der Waals surface area contributed by atoms with Crippen molar-refractivity contribution in [2.45, 2.75) is 0 Å². The molecule has 0 aliphatic carbocycles. The summed E-state index contributed by atoms with van der Waals surface area (Å²) >= 11 is 3.09. The van der Waals surface area contributed by atoms with E-state index in [4.69, 9.17) is 0 Å². The molecule has 1 aromatic carbocycles. The van der Waals surface area contributed by atoms with Gasteiger partial charge in [0, 0.05) is 31.9 Å². The predicted octanol–water partition coefficient (Wildman–Crippen LogP) is 1.43. The third-order valence-corrected chi connectivity index (χ3v) is 3.39. The van der Waals surface area contributed by atoms with Crippen molar-refractivity contribution in [1.29, 1.82) is 0 Å². The maximum absolute atomic E-state index is 13.0. The van der Waals surface area contributed by atoms with Crippen LogP contribution < -0.4 is 10.6 Å². The van der Waals surface area contributed by atoms with Gasteiger partial charge in [-0.1, -0.05) is 0 Å². The van der Waals surface area contributed by atoms with E-state index in [2.05, 4.69) is 31.5 Å². The topological polar surface area (TPSA) is 44.4 Å². The summed E-state index contributed by atoms with van der Waals surface area (Å²) in [6.07, 6.45) is 0. The van der Waals surface area contributed by atoms with Crippen LogP contribution >= 0.6 is 15.9 Å². The van der Waals surface area contributed by atoms with Gasteiger partial charge in [-0.25, -0.2) is 4.39 Å². The number of rotatable bonds is 3. The molecule has 0 radical (unpaired) electrons. The molecule has 0 aromatic heterocycles. The fraction of sp³-hybridized carbons (Fsp3) is 0.417. The quantitative estimate of drug-likeness (QED) is 0.887. The maximum Gasteiger partial charge on any atom is 0.238 e. The van der Waals surface area contributed by atoms with Gasteiger partial charge in [0.25, 0.3) is 0 Å². The number of carbonyl (C=O) groups is 1. The number of hydrogen-bond donors (Lipinski definition) is 2. The maximum atomic E-state index is 13.0. The van der Waals surface area contributed by atoms with E-state index in [1.807, 2.05) is 0 Å². The highest BCUT2D eigenvalue weighted by molar-refractivity contribution is 9.10. The van der Waals surface area contributed by atoms with Crippen molar-refractivity contribution in [1.82, 2.24) is 10.2 Å². The Labute approximate surface area is 114 Å². The predicted molar refractivity (Wildman–Crippen MR) is 72.0 cm³/mol. The smallest absolute Gasteiger partial charge is 0.238 e. The molecule has 6 heteroatoms. The summed E-state index contributed by atoms with van der Waals surface area (Å²) < 4.78 is 13.4. The van der Waals surface area contributed by atoms with Crippen molar-refractivity contribution in [3.63, 3.8) is 0 Å². The van der Waals surface area contributed by atoms with Gasteiger partial charge in [-0.2, -0.15) is 0 Å². The summed E-state index contributed by atoms with van der Waals surface area (Å²) in [4.78, 5) is 13.9. The Morgan fingerprint density at radius 2 is 2.17 bits per heavy atom. The summed E-state index contributed by atoms with van der Waals surface area (Å²) in [5.41, 5.74) is 0.600. The number of hydrogen-bond acceptors (Lipinski definition) is 3. The molecule has 1 saturated heterocycles. The molecule has 0 atom stereocenters. The minimum absolute atomic E-state index is 0.0737. The Bertz CT molecular complexity index is 435. The number of benzene rings is 1. The van der Waals surface area contributed by atoms with E-state index in [0.717, 1.165) is 26.2 Å². The SMILES string of the molecule is O=C(CN1CCNCC1)Nc1ccc(F)c(Br)c1. The molecule has 1 amide bonds. The second kappa shape index (κ2) is 6.26. The Kier molecular flexibility index (Phi) is 4.68. The molecule has 1 aliphatic rings. The van der Waals surface area contributed by atoms with Gasteiger partial charge in [0.1, 0.15) is 5.82 Å². The first kappa shape index (κ1) is 13.5. The molecule has 0 unspecified atom stereocenters. The highest BCUT2D eigenvalue weighted by atomic mass is 79.9. The first-order valence-corrected chi connectivity index (χ1v) is 6.62. The lowest BCUT2D eigenvalue weighted by Gasteiger charge is -2.26. The highest BCUT2D eigenvalue weighted by Gasteiger charge is 2.13. The zero-order valence-electron chi connectivity index (χ0n) is 9.88. The van der Waals surface area contributed by atoms with E-state index in [1.54, 1.807) is 12.1 Å². The molecule has 1 fully saturated rings. The van der Waals surface area contributed by atoms with E-state index < -0.39 is 0 Å². The molecule has 0 bridgehead atoms. The molecule has 0 saturated carbocycles. The van der Waals surface area contributed by atoms with Crippen molar-refractivity contribution in [3.8, 4) is 0 Å². The van der Waals surface area contributed by atoms with Gasteiger partial charge >= 0.3 is 0 Å². The van der Waals surface area contributed by atoms with E-state index in [-0.39, 0.29) is 11.7 Å². The van der Waals surface area contributed by atoms with Gasteiger partial charge in [-0.3, -0.25) is 9.69 Å². The van der Waals surface area contributed by atoms with Crippen molar-refractivity contribution < 1.29 is 9.18 Å². The second-order valence-electron chi connectivity index (χ2n) is 4.20. The molecule has 0 spiro atoms. The Hall–Kier alpha value is -0.980. The van der Waals surface area contributed by atoms with Crippen LogP contribution in [0.1, 0.15) is 0 Å². The zero-order chi connectivity index (χ0) is 13.0. The first-order valence-electron chi connectivity index (χ1n) is 5.83. The van der Waals surface area contributed by atoms with Gasteiger partial charge in [0.2, 0.25) is 5.91 Å². The zero-order valence-corrected chi connectivity index (χ0v) is 11.5. The third-order valence-electron chi connectivity index (χ3n) is 2.78. The number of nitrogens with zero attached hydrogens (tertiary/aromatic N) is 1. The Morgan fingerprint density at radius 1 is 1.44 bits per heavy atom. The molecule has 18 heavy (non-hydrogen) atoms. The number of nitrogens with one attached hydrogen (secondary N) is 2. The molecule has 2 N–H and O–H groups in total. The van der Waals surface area contributed by atoms with E-state index in [9.17, 15) is 9.18 Å².